The van der Waals surface area contributed by atoms with E-state index in [4.69, 9.17) is 14.2 Å². The number of para-hydroxylation sites is 1. The molecule has 0 fully saturated rings. The zero-order valence-electron chi connectivity index (χ0n) is 11.9. The van der Waals surface area contributed by atoms with Gasteiger partial charge in [-0.15, -0.1) is 0 Å². The van der Waals surface area contributed by atoms with Crippen LogP contribution < -0.4 is 19.5 Å². The number of methoxy groups -OCH3 is 2. The molecule has 1 amide bonds. The van der Waals surface area contributed by atoms with Crippen LogP contribution in [0, 0.1) is 11.6 Å². The minimum absolute atomic E-state index is 0.0295. The monoisotopic (exact) mass is 309 g/mol. The number of halogens is 2. The third-order valence-electron chi connectivity index (χ3n) is 2.74. The number of rotatable bonds is 4. The highest BCUT2D eigenvalue weighted by Crippen LogP contribution is 2.37. The van der Waals surface area contributed by atoms with Gasteiger partial charge in [0.15, 0.2) is 11.5 Å². The van der Waals surface area contributed by atoms with E-state index in [0.717, 1.165) is 18.2 Å². The Morgan fingerprint density at radius 3 is 2.27 bits per heavy atom. The highest BCUT2D eigenvalue weighted by atomic mass is 19.1. The van der Waals surface area contributed by atoms with Crippen LogP contribution in [0.15, 0.2) is 36.4 Å². The SMILES string of the molecule is COc1cccc(OC)c1OC(=O)Nc1cc(F)ccc1F. The number of ether oxygens (including phenoxy) is 3. The van der Waals surface area contributed by atoms with E-state index in [1.807, 2.05) is 0 Å². The Balaban J connectivity index is 2.20. The van der Waals surface area contributed by atoms with Gasteiger partial charge < -0.3 is 14.2 Å². The highest BCUT2D eigenvalue weighted by molar-refractivity contribution is 5.87. The zero-order valence-corrected chi connectivity index (χ0v) is 11.9. The molecule has 0 radical (unpaired) electrons. The summed E-state index contributed by atoms with van der Waals surface area (Å²) in [6.07, 6.45) is -1.01. The van der Waals surface area contributed by atoms with E-state index in [1.165, 1.54) is 14.2 Å². The Kier molecular flexibility index (Phi) is 4.77. The second-order valence-electron chi connectivity index (χ2n) is 4.13. The first-order valence-electron chi connectivity index (χ1n) is 6.20. The van der Waals surface area contributed by atoms with Gasteiger partial charge in [0, 0.05) is 6.07 Å². The molecule has 1 N–H and O–H groups in total. The molecule has 5 nitrogen and oxygen atoms in total. The highest BCUT2D eigenvalue weighted by Gasteiger charge is 2.17. The first-order valence-corrected chi connectivity index (χ1v) is 6.20. The summed E-state index contributed by atoms with van der Waals surface area (Å²) in [5, 5.41) is 2.11. The lowest BCUT2D eigenvalue weighted by molar-refractivity contribution is 0.210. The van der Waals surface area contributed by atoms with Crippen molar-refractivity contribution in [2.45, 2.75) is 0 Å². The second-order valence-corrected chi connectivity index (χ2v) is 4.13. The molecular weight excluding hydrogens is 296 g/mol. The standard InChI is InChI=1S/C15H13F2NO4/c1-20-12-4-3-5-13(21-2)14(12)22-15(19)18-11-8-9(16)6-7-10(11)17/h3-8H,1-2H3,(H,18,19). The van der Waals surface area contributed by atoms with Gasteiger partial charge in [0.05, 0.1) is 19.9 Å². The van der Waals surface area contributed by atoms with E-state index in [0.29, 0.717) is 0 Å². The first kappa shape index (κ1) is 15.6. The molecule has 0 aliphatic rings. The molecule has 0 spiro atoms. The fourth-order valence-electron chi connectivity index (χ4n) is 1.74. The number of carbonyl (C=O) groups excluding carboxylic acids is 1. The number of hydrogen-bond donors (Lipinski definition) is 1. The number of benzene rings is 2. The third-order valence-corrected chi connectivity index (χ3v) is 2.74. The lowest BCUT2D eigenvalue weighted by Crippen LogP contribution is -2.18. The second kappa shape index (κ2) is 6.75. The Hall–Kier alpha value is -2.83. The smallest absolute Gasteiger partial charge is 0.417 e. The predicted molar refractivity (Wildman–Crippen MR) is 75.6 cm³/mol. The molecule has 0 aromatic heterocycles. The van der Waals surface area contributed by atoms with Crippen molar-refractivity contribution in [3.8, 4) is 17.2 Å². The molecule has 2 aromatic carbocycles. The quantitative estimate of drug-likeness (QED) is 0.937. The van der Waals surface area contributed by atoms with E-state index in [-0.39, 0.29) is 22.9 Å². The molecule has 116 valence electrons. The molecular formula is C15H13F2NO4. The van der Waals surface area contributed by atoms with Gasteiger partial charge in [0.1, 0.15) is 11.6 Å². The summed E-state index contributed by atoms with van der Waals surface area (Å²) in [5.41, 5.74) is -0.334. The van der Waals surface area contributed by atoms with E-state index < -0.39 is 17.7 Å². The molecule has 2 aromatic rings. The minimum atomic E-state index is -1.01. The zero-order chi connectivity index (χ0) is 16.1. The van der Waals surface area contributed by atoms with Crippen molar-refractivity contribution < 1.29 is 27.8 Å². The molecule has 0 saturated carbocycles. The Morgan fingerprint density at radius 2 is 1.68 bits per heavy atom. The normalized spacial score (nSPS) is 10.0. The maximum Gasteiger partial charge on any atom is 0.417 e. The number of nitrogens with one attached hydrogen (secondary N) is 1. The van der Waals surface area contributed by atoms with Crippen molar-refractivity contribution in [3.05, 3.63) is 48.0 Å². The van der Waals surface area contributed by atoms with Gasteiger partial charge in [0.2, 0.25) is 5.75 Å². The summed E-state index contributed by atoms with van der Waals surface area (Å²) in [7, 11) is 2.79. The summed E-state index contributed by atoms with van der Waals surface area (Å²) in [6.45, 7) is 0. The van der Waals surface area contributed by atoms with E-state index in [9.17, 15) is 13.6 Å². The van der Waals surface area contributed by atoms with Crippen molar-refractivity contribution in [3.63, 3.8) is 0 Å². The summed E-state index contributed by atoms with van der Waals surface area (Å²) >= 11 is 0. The molecule has 0 aliphatic heterocycles. The van der Waals surface area contributed by atoms with Crippen LogP contribution in [-0.4, -0.2) is 20.3 Å². The predicted octanol–water partition coefficient (Wildman–Crippen LogP) is 3.59. The number of hydrogen-bond acceptors (Lipinski definition) is 4. The molecule has 7 heteroatoms. The fourth-order valence-corrected chi connectivity index (χ4v) is 1.74. The van der Waals surface area contributed by atoms with Crippen LogP contribution in [0.4, 0.5) is 19.3 Å². The first-order chi connectivity index (χ1) is 10.5. The van der Waals surface area contributed by atoms with E-state index in [2.05, 4.69) is 5.32 Å². The Morgan fingerprint density at radius 1 is 1.05 bits per heavy atom. The maximum absolute atomic E-state index is 13.5. The fraction of sp³-hybridized carbons (Fsp3) is 0.133. The summed E-state index contributed by atoms with van der Waals surface area (Å²) in [5.74, 6) is -0.929. The largest absolute Gasteiger partial charge is 0.493 e. The summed E-state index contributed by atoms with van der Waals surface area (Å²) in [6, 6.07) is 7.45. The molecule has 0 heterocycles. The minimum Gasteiger partial charge on any atom is -0.493 e. The average Bonchev–Trinajstić information content (AvgIpc) is 2.51. The van der Waals surface area contributed by atoms with Crippen LogP contribution in [-0.2, 0) is 0 Å². The van der Waals surface area contributed by atoms with Crippen LogP contribution >= 0.6 is 0 Å². The van der Waals surface area contributed by atoms with Crippen LogP contribution in [0.3, 0.4) is 0 Å². The van der Waals surface area contributed by atoms with Crippen molar-refractivity contribution in [2.24, 2.45) is 0 Å². The molecule has 0 unspecified atom stereocenters. The molecule has 22 heavy (non-hydrogen) atoms. The summed E-state index contributed by atoms with van der Waals surface area (Å²) in [4.78, 5) is 11.8. The number of carbonyl (C=O) groups is 1. The lowest BCUT2D eigenvalue weighted by atomic mass is 10.3. The third kappa shape index (κ3) is 3.43. The van der Waals surface area contributed by atoms with Crippen molar-refractivity contribution in [2.75, 3.05) is 19.5 Å². The van der Waals surface area contributed by atoms with Gasteiger partial charge in [-0.1, -0.05) is 6.07 Å². The lowest BCUT2D eigenvalue weighted by Gasteiger charge is -2.13. The van der Waals surface area contributed by atoms with Crippen LogP contribution in [0.25, 0.3) is 0 Å². The van der Waals surface area contributed by atoms with Crippen LogP contribution in [0.2, 0.25) is 0 Å². The van der Waals surface area contributed by atoms with Crippen molar-refractivity contribution in [1.29, 1.82) is 0 Å². The maximum atomic E-state index is 13.5. The van der Waals surface area contributed by atoms with Crippen LogP contribution in [0.5, 0.6) is 17.2 Å². The summed E-state index contributed by atoms with van der Waals surface area (Å²) < 4.78 is 41.7. The van der Waals surface area contributed by atoms with Crippen LogP contribution in [0.1, 0.15) is 0 Å². The van der Waals surface area contributed by atoms with E-state index in [1.54, 1.807) is 18.2 Å². The molecule has 2 rings (SSSR count). The Bertz CT molecular complexity index is 669. The van der Waals surface area contributed by atoms with Crippen molar-refractivity contribution >= 4 is 11.8 Å². The van der Waals surface area contributed by atoms with Gasteiger partial charge in [-0.2, -0.15) is 0 Å². The average molecular weight is 309 g/mol. The Labute approximate surface area is 125 Å². The van der Waals surface area contributed by atoms with Gasteiger partial charge in [-0.3, -0.25) is 5.32 Å². The molecule has 0 aliphatic carbocycles. The number of anilines is 1. The van der Waals surface area contributed by atoms with Gasteiger partial charge in [-0.25, -0.2) is 13.6 Å². The molecule has 0 saturated heterocycles. The van der Waals surface area contributed by atoms with Gasteiger partial charge in [0.25, 0.3) is 0 Å². The van der Waals surface area contributed by atoms with Gasteiger partial charge in [-0.05, 0) is 24.3 Å². The molecule has 0 atom stereocenters. The van der Waals surface area contributed by atoms with E-state index >= 15 is 0 Å². The molecule has 0 bridgehead atoms. The number of amides is 1. The topological polar surface area (TPSA) is 56.8 Å². The van der Waals surface area contributed by atoms with Gasteiger partial charge >= 0.3 is 6.09 Å². The van der Waals surface area contributed by atoms with Crippen molar-refractivity contribution in [1.82, 2.24) is 0 Å².